The van der Waals surface area contributed by atoms with E-state index in [4.69, 9.17) is 9.15 Å². The summed E-state index contributed by atoms with van der Waals surface area (Å²) in [5.41, 5.74) is 1.66. The molecule has 3 rings (SSSR count). The fraction of sp³-hybridized carbons (Fsp3) is 0.292. The quantitative estimate of drug-likeness (QED) is 0.438. The van der Waals surface area contributed by atoms with Gasteiger partial charge in [0.15, 0.2) is 11.9 Å². The molecule has 1 aromatic carbocycles. The smallest absolute Gasteiger partial charge is 0.349 e. The molecule has 0 radical (unpaired) electrons. The summed E-state index contributed by atoms with van der Waals surface area (Å²) in [7, 11) is 0. The number of benzene rings is 1. The number of rotatable bonds is 9. The largest absolute Gasteiger partial charge is 0.459 e. The van der Waals surface area contributed by atoms with Crippen molar-refractivity contribution in [1.29, 1.82) is 0 Å². The number of hydrogen-bond donors (Lipinski definition) is 2. The standard InChI is InChI=1S/C24H26N2O5S/c1-4-9-18(17-10-6-5-7-11-17)25-22(27)16(3)31-24(29)21-15(2)14-20(32-21)26-23(28)19-12-8-13-30-19/h5-8,10-14,16,18H,4,9H2,1-3H3,(H,25,27)(H,26,28). The summed E-state index contributed by atoms with van der Waals surface area (Å²) < 4.78 is 10.5. The molecule has 0 aliphatic heterocycles. The first-order chi connectivity index (χ1) is 15.4. The topological polar surface area (TPSA) is 97.6 Å². The molecule has 2 heterocycles. The molecule has 3 aromatic rings. The summed E-state index contributed by atoms with van der Waals surface area (Å²) >= 11 is 1.09. The minimum Gasteiger partial charge on any atom is -0.459 e. The Hall–Kier alpha value is -3.39. The monoisotopic (exact) mass is 454 g/mol. The SMILES string of the molecule is CCCC(NC(=O)C(C)OC(=O)c1sc(NC(=O)c2ccco2)cc1C)c1ccccc1. The maximum absolute atomic E-state index is 12.7. The van der Waals surface area contributed by atoms with Gasteiger partial charge in [0, 0.05) is 0 Å². The van der Waals surface area contributed by atoms with Crippen LogP contribution in [0, 0.1) is 6.92 Å². The van der Waals surface area contributed by atoms with Gasteiger partial charge in [-0.25, -0.2) is 4.79 Å². The third kappa shape index (κ3) is 5.85. The molecule has 0 fully saturated rings. The van der Waals surface area contributed by atoms with Crippen molar-refractivity contribution in [2.24, 2.45) is 0 Å². The normalized spacial score (nSPS) is 12.6. The molecular weight excluding hydrogens is 428 g/mol. The van der Waals surface area contributed by atoms with Gasteiger partial charge in [-0.05, 0) is 49.6 Å². The summed E-state index contributed by atoms with van der Waals surface area (Å²) in [5, 5.41) is 6.15. The van der Waals surface area contributed by atoms with E-state index in [-0.39, 0.29) is 17.7 Å². The molecule has 32 heavy (non-hydrogen) atoms. The van der Waals surface area contributed by atoms with Crippen LogP contribution in [0.15, 0.2) is 59.2 Å². The van der Waals surface area contributed by atoms with Gasteiger partial charge in [0.05, 0.1) is 17.3 Å². The van der Waals surface area contributed by atoms with E-state index < -0.39 is 18.0 Å². The molecule has 2 unspecified atom stereocenters. The predicted octanol–water partition coefficient (Wildman–Crippen LogP) is 5.10. The van der Waals surface area contributed by atoms with Crippen LogP contribution in [0.1, 0.15) is 64.1 Å². The summed E-state index contributed by atoms with van der Waals surface area (Å²) in [6, 6.07) is 14.4. The second kappa shape index (κ2) is 10.8. The van der Waals surface area contributed by atoms with Gasteiger partial charge >= 0.3 is 5.97 Å². The van der Waals surface area contributed by atoms with Crippen molar-refractivity contribution in [3.63, 3.8) is 0 Å². The maximum atomic E-state index is 12.7. The Labute approximate surface area is 190 Å². The lowest BCUT2D eigenvalue weighted by molar-refractivity contribution is -0.129. The zero-order valence-electron chi connectivity index (χ0n) is 18.2. The lowest BCUT2D eigenvalue weighted by atomic mass is 10.0. The second-order valence-electron chi connectivity index (χ2n) is 7.36. The fourth-order valence-electron chi connectivity index (χ4n) is 3.18. The van der Waals surface area contributed by atoms with Crippen molar-refractivity contribution in [2.75, 3.05) is 5.32 Å². The van der Waals surface area contributed by atoms with Crippen molar-refractivity contribution < 1.29 is 23.5 Å². The van der Waals surface area contributed by atoms with Crippen molar-refractivity contribution in [1.82, 2.24) is 5.32 Å². The average molecular weight is 455 g/mol. The lowest BCUT2D eigenvalue weighted by Crippen LogP contribution is -2.38. The molecule has 0 aliphatic rings. The number of nitrogens with one attached hydrogen (secondary N) is 2. The van der Waals surface area contributed by atoms with Crippen molar-refractivity contribution in [3.8, 4) is 0 Å². The van der Waals surface area contributed by atoms with Crippen LogP contribution < -0.4 is 10.6 Å². The van der Waals surface area contributed by atoms with Crippen molar-refractivity contribution in [2.45, 2.75) is 45.8 Å². The molecule has 0 bridgehead atoms. The number of thiophene rings is 1. The van der Waals surface area contributed by atoms with Gasteiger partial charge in [0.1, 0.15) is 4.88 Å². The first-order valence-corrected chi connectivity index (χ1v) is 11.2. The number of furan rings is 1. The van der Waals surface area contributed by atoms with Crippen LogP contribution in [0.25, 0.3) is 0 Å². The van der Waals surface area contributed by atoms with E-state index in [1.54, 1.807) is 32.0 Å². The van der Waals surface area contributed by atoms with Crippen molar-refractivity contribution >= 4 is 34.1 Å². The highest BCUT2D eigenvalue weighted by molar-refractivity contribution is 7.18. The number of hydrogen-bond acceptors (Lipinski definition) is 6. The van der Waals surface area contributed by atoms with Crippen molar-refractivity contribution in [3.05, 3.63) is 76.6 Å². The zero-order valence-corrected chi connectivity index (χ0v) is 19.0. The molecule has 2 amide bonds. The molecule has 2 atom stereocenters. The van der Waals surface area contributed by atoms with Gasteiger partial charge in [0.25, 0.3) is 11.8 Å². The Morgan fingerprint density at radius 2 is 1.88 bits per heavy atom. The number of amides is 2. The van der Waals surface area contributed by atoms with E-state index in [0.29, 0.717) is 15.4 Å². The Balaban J connectivity index is 1.61. The number of ether oxygens (including phenoxy) is 1. The lowest BCUT2D eigenvalue weighted by Gasteiger charge is -2.21. The van der Waals surface area contributed by atoms with E-state index in [1.807, 2.05) is 37.3 Å². The first-order valence-electron chi connectivity index (χ1n) is 10.4. The van der Waals surface area contributed by atoms with Crippen LogP contribution in [0.3, 0.4) is 0 Å². The molecule has 0 aliphatic carbocycles. The van der Waals surface area contributed by atoms with E-state index in [9.17, 15) is 14.4 Å². The first kappa shape index (κ1) is 23.3. The molecular formula is C24H26N2O5S. The van der Waals surface area contributed by atoms with Gasteiger partial charge < -0.3 is 19.8 Å². The Morgan fingerprint density at radius 3 is 2.53 bits per heavy atom. The molecule has 0 spiro atoms. The molecule has 8 heteroatoms. The highest BCUT2D eigenvalue weighted by atomic mass is 32.1. The van der Waals surface area contributed by atoms with E-state index in [0.717, 1.165) is 29.7 Å². The van der Waals surface area contributed by atoms with Gasteiger partial charge in [0.2, 0.25) is 0 Å². The minimum absolute atomic E-state index is 0.151. The molecule has 0 saturated carbocycles. The summed E-state index contributed by atoms with van der Waals surface area (Å²) in [6.45, 7) is 5.34. The average Bonchev–Trinajstić information content (AvgIpc) is 3.44. The van der Waals surface area contributed by atoms with Gasteiger partial charge in [-0.1, -0.05) is 43.7 Å². The van der Waals surface area contributed by atoms with E-state index in [1.165, 1.54) is 6.26 Å². The second-order valence-corrected chi connectivity index (χ2v) is 8.41. The number of carbonyl (C=O) groups excluding carboxylic acids is 3. The number of esters is 1. The van der Waals surface area contributed by atoms with Crippen LogP contribution in [-0.4, -0.2) is 23.9 Å². The van der Waals surface area contributed by atoms with E-state index >= 15 is 0 Å². The van der Waals surface area contributed by atoms with Gasteiger partial charge in [-0.3, -0.25) is 9.59 Å². The Kier molecular flexibility index (Phi) is 7.83. The number of carbonyl (C=O) groups is 3. The summed E-state index contributed by atoms with van der Waals surface area (Å²) in [6.07, 6.45) is 2.12. The van der Waals surface area contributed by atoms with Crippen LogP contribution in [0.5, 0.6) is 0 Å². The third-order valence-electron chi connectivity index (χ3n) is 4.83. The predicted molar refractivity (Wildman–Crippen MR) is 123 cm³/mol. The van der Waals surface area contributed by atoms with Gasteiger partial charge in [-0.2, -0.15) is 0 Å². The maximum Gasteiger partial charge on any atom is 0.349 e. The van der Waals surface area contributed by atoms with Crippen LogP contribution in [-0.2, 0) is 9.53 Å². The molecule has 7 nitrogen and oxygen atoms in total. The molecule has 2 aromatic heterocycles. The summed E-state index contributed by atoms with van der Waals surface area (Å²) in [5.74, 6) is -1.21. The number of anilines is 1. The molecule has 168 valence electrons. The summed E-state index contributed by atoms with van der Waals surface area (Å²) in [4.78, 5) is 37.8. The van der Waals surface area contributed by atoms with Gasteiger partial charge in [-0.15, -0.1) is 11.3 Å². The van der Waals surface area contributed by atoms with Crippen LogP contribution >= 0.6 is 11.3 Å². The number of aryl methyl sites for hydroxylation is 1. The zero-order chi connectivity index (χ0) is 23.1. The Bertz CT molecular complexity index is 1060. The molecule has 0 saturated heterocycles. The minimum atomic E-state index is -0.965. The third-order valence-corrected chi connectivity index (χ3v) is 5.97. The van der Waals surface area contributed by atoms with Crippen LogP contribution in [0.2, 0.25) is 0 Å². The highest BCUT2D eigenvalue weighted by Crippen LogP contribution is 2.28. The highest BCUT2D eigenvalue weighted by Gasteiger charge is 2.24. The Morgan fingerprint density at radius 1 is 1.12 bits per heavy atom. The molecule has 2 N–H and O–H groups in total. The fourth-order valence-corrected chi connectivity index (χ4v) is 4.13. The van der Waals surface area contributed by atoms with E-state index in [2.05, 4.69) is 10.6 Å². The van der Waals surface area contributed by atoms with Crippen LogP contribution in [0.4, 0.5) is 5.00 Å².